The summed E-state index contributed by atoms with van der Waals surface area (Å²) in [6.07, 6.45) is -3.75. The Balaban J connectivity index is 2.01. The largest absolute Gasteiger partial charge is 0.454 e. The van der Waals surface area contributed by atoms with Crippen LogP contribution in [0.3, 0.4) is 0 Å². The Hall–Kier alpha value is -3.32. The number of hydrogen-bond donors (Lipinski definition) is 0. The number of fused-ring (bicyclic) bond motifs is 1. The van der Waals surface area contributed by atoms with Gasteiger partial charge in [0.1, 0.15) is 5.82 Å². The highest BCUT2D eigenvalue weighted by atomic mass is 19.4. The number of benzene rings is 2. The number of Topliss-reactive ketones (excluding diaryl/α,β-unsaturated/α-hetero) is 1. The van der Waals surface area contributed by atoms with E-state index in [2.05, 4.69) is 15.0 Å². The van der Waals surface area contributed by atoms with Gasteiger partial charge in [0.15, 0.2) is 0 Å². The molecule has 0 bridgehead atoms. The zero-order valence-electron chi connectivity index (χ0n) is 14.9. The van der Waals surface area contributed by atoms with Crippen molar-refractivity contribution in [2.75, 3.05) is 6.54 Å². The lowest BCUT2D eigenvalue weighted by Gasteiger charge is -2.10. The molecule has 0 fully saturated rings. The molecule has 0 spiro atoms. The summed E-state index contributed by atoms with van der Waals surface area (Å²) in [7, 11) is 0. The van der Waals surface area contributed by atoms with Crippen LogP contribution in [0.15, 0.2) is 47.6 Å². The number of halogens is 3. The highest BCUT2D eigenvalue weighted by molar-refractivity contribution is 6.02. The number of carbonyl (C=O) groups excluding carboxylic acids is 1. The zero-order chi connectivity index (χ0) is 20.3. The van der Waals surface area contributed by atoms with Gasteiger partial charge in [0.25, 0.3) is 5.78 Å². The number of ketones is 1. The number of azide groups is 1. The molecule has 0 N–H and O–H groups in total. The van der Waals surface area contributed by atoms with Crippen molar-refractivity contribution in [2.24, 2.45) is 5.11 Å². The molecule has 0 aliphatic heterocycles. The summed E-state index contributed by atoms with van der Waals surface area (Å²) in [6, 6.07) is 11.4. The van der Waals surface area contributed by atoms with E-state index >= 15 is 0 Å². The normalized spacial score (nSPS) is 11.4. The van der Waals surface area contributed by atoms with Gasteiger partial charge in [0.2, 0.25) is 0 Å². The van der Waals surface area contributed by atoms with Crippen LogP contribution in [0.5, 0.6) is 0 Å². The molecule has 0 saturated heterocycles. The molecular formula is C19H16F3N5O. The van der Waals surface area contributed by atoms with Crippen molar-refractivity contribution in [2.45, 2.75) is 25.9 Å². The number of carbonyl (C=O) groups is 1. The number of nitrogens with zero attached hydrogens (tertiary/aromatic N) is 5. The predicted molar refractivity (Wildman–Crippen MR) is 98.6 cm³/mol. The standard InChI is InChI=1S/C19H16F3N5O/c1-2-17-25-15-11-13(18(28)19(20,21)22)5-8-16(15)27(17)14-6-3-12(4-7-14)9-10-24-26-23/h3-8,11H,2,9-10H2,1H3. The summed E-state index contributed by atoms with van der Waals surface area (Å²) >= 11 is 0. The number of alkyl halides is 3. The first-order valence-electron chi connectivity index (χ1n) is 8.58. The maximum atomic E-state index is 12.7. The minimum atomic E-state index is -4.92. The Kier molecular flexibility index (Phi) is 5.37. The van der Waals surface area contributed by atoms with E-state index in [0.717, 1.165) is 11.3 Å². The summed E-state index contributed by atoms with van der Waals surface area (Å²) in [5.74, 6) is -1.21. The fraction of sp³-hybridized carbons (Fsp3) is 0.263. The third-order valence-corrected chi connectivity index (χ3v) is 4.32. The van der Waals surface area contributed by atoms with E-state index < -0.39 is 17.5 Å². The van der Waals surface area contributed by atoms with Crippen LogP contribution >= 0.6 is 0 Å². The smallest absolute Gasteiger partial charge is 0.296 e. The van der Waals surface area contributed by atoms with E-state index in [9.17, 15) is 18.0 Å². The predicted octanol–water partition coefficient (Wildman–Crippen LogP) is 5.19. The first-order chi connectivity index (χ1) is 13.3. The summed E-state index contributed by atoms with van der Waals surface area (Å²) in [5.41, 5.74) is 10.7. The van der Waals surface area contributed by atoms with Crippen LogP contribution < -0.4 is 0 Å². The van der Waals surface area contributed by atoms with Crippen LogP contribution in [0.25, 0.3) is 27.2 Å². The van der Waals surface area contributed by atoms with Crippen molar-refractivity contribution in [3.8, 4) is 5.69 Å². The number of aryl methyl sites for hydroxylation is 1. The molecule has 144 valence electrons. The number of aromatic nitrogens is 2. The number of hydrogen-bond acceptors (Lipinski definition) is 3. The number of rotatable bonds is 6. The SMILES string of the molecule is CCc1nc2cc(C(=O)C(F)(F)F)ccc2n1-c1ccc(CCN=[N+]=[N-])cc1. The van der Waals surface area contributed by atoms with E-state index in [1.54, 1.807) is 0 Å². The van der Waals surface area contributed by atoms with E-state index in [1.807, 2.05) is 35.8 Å². The molecule has 6 nitrogen and oxygen atoms in total. The molecule has 3 aromatic rings. The van der Waals surface area contributed by atoms with Gasteiger partial charge in [-0.3, -0.25) is 9.36 Å². The average molecular weight is 387 g/mol. The highest BCUT2D eigenvalue weighted by Gasteiger charge is 2.39. The summed E-state index contributed by atoms with van der Waals surface area (Å²) in [6.45, 7) is 2.26. The van der Waals surface area contributed by atoms with Crippen LogP contribution in [-0.2, 0) is 12.8 Å². The molecule has 9 heteroatoms. The second kappa shape index (κ2) is 7.74. The first-order valence-corrected chi connectivity index (χ1v) is 8.58. The van der Waals surface area contributed by atoms with Gasteiger partial charge in [-0.2, -0.15) is 13.2 Å². The topological polar surface area (TPSA) is 83.7 Å². The van der Waals surface area contributed by atoms with Crippen molar-refractivity contribution >= 4 is 16.8 Å². The summed E-state index contributed by atoms with van der Waals surface area (Å²) in [5, 5.41) is 3.51. The van der Waals surface area contributed by atoms with Gasteiger partial charge < -0.3 is 0 Å². The van der Waals surface area contributed by atoms with E-state index in [-0.39, 0.29) is 0 Å². The molecule has 0 atom stereocenters. The van der Waals surface area contributed by atoms with Crippen molar-refractivity contribution in [1.29, 1.82) is 0 Å². The van der Waals surface area contributed by atoms with Crippen molar-refractivity contribution in [3.05, 3.63) is 69.9 Å². The fourth-order valence-corrected chi connectivity index (χ4v) is 3.00. The minimum Gasteiger partial charge on any atom is -0.296 e. The molecule has 0 aliphatic carbocycles. The molecule has 0 amide bonds. The molecule has 1 aromatic heterocycles. The van der Waals surface area contributed by atoms with Crippen molar-refractivity contribution < 1.29 is 18.0 Å². The van der Waals surface area contributed by atoms with Gasteiger partial charge in [0, 0.05) is 29.1 Å². The minimum absolute atomic E-state index is 0.333. The Morgan fingerprint density at radius 2 is 1.93 bits per heavy atom. The van der Waals surface area contributed by atoms with Gasteiger partial charge in [0.05, 0.1) is 11.0 Å². The monoisotopic (exact) mass is 387 g/mol. The van der Waals surface area contributed by atoms with Gasteiger partial charge in [-0.05, 0) is 47.8 Å². The molecule has 0 radical (unpaired) electrons. The van der Waals surface area contributed by atoms with Gasteiger partial charge in [-0.15, -0.1) is 0 Å². The summed E-state index contributed by atoms with van der Waals surface area (Å²) < 4.78 is 39.9. The third-order valence-electron chi connectivity index (χ3n) is 4.32. The molecule has 0 saturated carbocycles. The van der Waals surface area contributed by atoms with Crippen molar-refractivity contribution in [1.82, 2.24) is 9.55 Å². The molecular weight excluding hydrogens is 371 g/mol. The molecule has 0 unspecified atom stereocenters. The quantitative estimate of drug-likeness (QED) is 0.252. The Morgan fingerprint density at radius 3 is 2.54 bits per heavy atom. The van der Waals surface area contributed by atoms with Crippen LogP contribution in [0.4, 0.5) is 13.2 Å². The van der Waals surface area contributed by atoms with E-state index in [0.29, 0.717) is 36.2 Å². The van der Waals surface area contributed by atoms with Crippen LogP contribution in [0, 0.1) is 0 Å². The second-order valence-corrected chi connectivity index (χ2v) is 6.12. The highest BCUT2D eigenvalue weighted by Crippen LogP contribution is 2.27. The fourth-order valence-electron chi connectivity index (χ4n) is 3.00. The van der Waals surface area contributed by atoms with Gasteiger partial charge in [-0.1, -0.05) is 24.2 Å². The van der Waals surface area contributed by atoms with Crippen LogP contribution in [0.1, 0.15) is 28.7 Å². The van der Waals surface area contributed by atoms with E-state index in [1.165, 1.54) is 18.2 Å². The molecule has 1 heterocycles. The Labute approximate surface area is 158 Å². The Bertz CT molecular complexity index is 1060. The molecule has 28 heavy (non-hydrogen) atoms. The number of imidazole rings is 1. The maximum absolute atomic E-state index is 12.7. The lowest BCUT2D eigenvalue weighted by molar-refractivity contribution is -0.0885. The van der Waals surface area contributed by atoms with Gasteiger partial charge in [-0.25, -0.2) is 4.98 Å². The van der Waals surface area contributed by atoms with E-state index in [4.69, 9.17) is 5.53 Å². The van der Waals surface area contributed by atoms with Crippen LogP contribution in [0.2, 0.25) is 0 Å². The maximum Gasteiger partial charge on any atom is 0.454 e. The zero-order valence-corrected chi connectivity index (χ0v) is 14.9. The second-order valence-electron chi connectivity index (χ2n) is 6.12. The molecule has 2 aromatic carbocycles. The lowest BCUT2D eigenvalue weighted by atomic mass is 10.1. The molecule has 3 rings (SSSR count). The third kappa shape index (κ3) is 3.84. The van der Waals surface area contributed by atoms with Crippen molar-refractivity contribution in [3.63, 3.8) is 0 Å². The average Bonchev–Trinajstić information content (AvgIpc) is 3.05. The van der Waals surface area contributed by atoms with Gasteiger partial charge >= 0.3 is 6.18 Å². The van der Waals surface area contributed by atoms with Crippen LogP contribution in [-0.4, -0.2) is 28.1 Å². The lowest BCUT2D eigenvalue weighted by Crippen LogP contribution is -2.22. The molecule has 0 aliphatic rings. The Morgan fingerprint density at radius 1 is 1.21 bits per heavy atom. The summed E-state index contributed by atoms with van der Waals surface area (Å²) in [4.78, 5) is 18.6. The first kappa shape index (κ1) is 19.4.